The number of phenolic OH excluding ortho intramolecular Hbond substituents is 1. The lowest BCUT2D eigenvalue weighted by Crippen LogP contribution is -2.47. The van der Waals surface area contributed by atoms with Gasteiger partial charge < -0.3 is 9.84 Å². The van der Waals surface area contributed by atoms with Crippen molar-refractivity contribution in [3.8, 4) is 5.75 Å². The van der Waals surface area contributed by atoms with Gasteiger partial charge in [0, 0.05) is 31.6 Å². The first-order chi connectivity index (χ1) is 23.7. The van der Waals surface area contributed by atoms with Crippen molar-refractivity contribution >= 4 is 23.5 Å². The molecule has 7 rings (SSSR count). The van der Waals surface area contributed by atoms with E-state index in [1.165, 1.54) is 27.8 Å². The van der Waals surface area contributed by atoms with Crippen LogP contribution in [-0.4, -0.2) is 58.6 Å². The minimum absolute atomic E-state index is 0.0209. The van der Waals surface area contributed by atoms with Crippen LogP contribution in [0.2, 0.25) is 0 Å². The number of aryl methyl sites for hydroxylation is 2. The topological polar surface area (TPSA) is 70.1 Å². The highest BCUT2D eigenvalue weighted by atomic mass is 16.5. The number of hydrogen-bond acceptors (Lipinski definition) is 5. The van der Waals surface area contributed by atoms with Crippen molar-refractivity contribution in [3.05, 3.63) is 112 Å². The number of imide groups is 1. The van der Waals surface area contributed by atoms with E-state index in [1.54, 1.807) is 4.90 Å². The Morgan fingerprint density at radius 2 is 1.57 bits per heavy atom. The lowest BCUT2D eigenvalue weighted by molar-refractivity contribution is -0.144. The van der Waals surface area contributed by atoms with Gasteiger partial charge >= 0.3 is 0 Å². The molecule has 1 aliphatic carbocycles. The highest BCUT2D eigenvalue weighted by molar-refractivity contribution is 6.06. The molecule has 0 aromatic heterocycles. The zero-order valence-electron chi connectivity index (χ0n) is 29.4. The fourth-order valence-corrected chi connectivity index (χ4v) is 9.03. The zero-order valence-corrected chi connectivity index (χ0v) is 29.4. The molecule has 3 aromatic carbocycles. The molecule has 3 saturated heterocycles. The number of piperidine rings is 1. The minimum Gasteiger partial charge on any atom is -0.507 e. The van der Waals surface area contributed by atoms with Crippen molar-refractivity contribution in [3.63, 3.8) is 0 Å². The van der Waals surface area contributed by atoms with Gasteiger partial charge in [0.05, 0.1) is 24.5 Å². The van der Waals surface area contributed by atoms with E-state index in [1.807, 2.05) is 38.1 Å². The average Bonchev–Trinajstić information content (AvgIpc) is 3.63. The number of carbonyl (C=O) groups excluding carboxylic acids is 2. The highest BCUT2D eigenvalue weighted by Gasteiger charge is 2.58. The van der Waals surface area contributed by atoms with Crippen LogP contribution in [0.4, 0.5) is 0 Å². The minimum atomic E-state index is -0.315. The first-order valence-corrected chi connectivity index (χ1v) is 18.2. The Labute approximate surface area is 291 Å². The van der Waals surface area contributed by atoms with Crippen LogP contribution in [0.3, 0.4) is 0 Å². The zero-order chi connectivity index (χ0) is 34.2. The number of aromatic hydroxyl groups is 1. The van der Waals surface area contributed by atoms with E-state index in [9.17, 15) is 14.7 Å². The van der Waals surface area contributed by atoms with Crippen LogP contribution in [0.5, 0.6) is 5.75 Å². The standard InChI is InChI=1S/C43H50N2O4/c1-27(2)35-24-36-40(43(48)45(42(36)47)34-17-19-44(20-18-34)25-30-11-7-5-8-12-30)37-26-49-38(39(35)37)16-15-33(32-13-9-6-10-14-32)23-31-21-28(3)41(46)29(4)22-31/h5-14,21-23,27,34,36-38,40,46H,15-20,24-26H2,1-4H3/b33-23-/t36-,37+,38-,40-/m1/s1. The number of nitrogens with zero attached hydrogens (tertiary/aromatic N) is 2. The maximum absolute atomic E-state index is 14.3. The number of phenols is 1. The van der Waals surface area contributed by atoms with Crippen molar-refractivity contribution in [2.45, 2.75) is 78.5 Å². The van der Waals surface area contributed by atoms with E-state index < -0.39 is 0 Å². The number of ether oxygens (including phenoxy) is 1. The Balaban J connectivity index is 1.09. The van der Waals surface area contributed by atoms with Gasteiger partial charge in [-0.05, 0) is 103 Å². The van der Waals surface area contributed by atoms with Gasteiger partial charge in [0.15, 0.2) is 0 Å². The third-order valence-corrected chi connectivity index (χ3v) is 11.5. The number of allylic oxidation sites excluding steroid dienone is 2. The van der Waals surface area contributed by atoms with Crippen LogP contribution >= 0.6 is 0 Å². The molecule has 256 valence electrons. The van der Waals surface area contributed by atoms with Crippen LogP contribution in [0.1, 0.15) is 73.8 Å². The maximum atomic E-state index is 14.3. The molecular formula is C43H50N2O4. The van der Waals surface area contributed by atoms with Crippen molar-refractivity contribution in [1.82, 2.24) is 9.80 Å². The second kappa shape index (κ2) is 14.1. The number of hydrogen-bond donors (Lipinski definition) is 1. The van der Waals surface area contributed by atoms with E-state index in [0.29, 0.717) is 18.8 Å². The third kappa shape index (κ3) is 6.65. The largest absolute Gasteiger partial charge is 0.507 e. The second-order valence-electron chi connectivity index (χ2n) is 15.0. The predicted molar refractivity (Wildman–Crippen MR) is 194 cm³/mol. The van der Waals surface area contributed by atoms with Crippen LogP contribution in [-0.2, 0) is 20.9 Å². The molecule has 0 bridgehead atoms. The van der Waals surface area contributed by atoms with Gasteiger partial charge in [-0.3, -0.25) is 19.4 Å². The summed E-state index contributed by atoms with van der Waals surface area (Å²) in [7, 11) is 0. The van der Waals surface area contributed by atoms with Crippen LogP contribution in [0.25, 0.3) is 11.6 Å². The molecule has 0 radical (unpaired) electrons. The average molecular weight is 659 g/mol. The lowest BCUT2D eigenvalue weighted by atomic mass is 9.67. The van der Waals surface area contributed by atoms with Crippen LogP contribution in [0, 0.1) is 37.5 Å². The molecule has 3 heterocycles. The summed E-state index contributed by atoms with van der Waals surface area (Å²) in [6.45, 7) is 11.5. The fraction of sp³-hybridized carbons (Fsp3) is 0.442. The summed E-state index contributed by atoms with van der Waals surface area (Å²) in [6.07, 6.45) is 6.11. The summed E-state index contributed by atoms with van der Waals surface area (Å²) in [5, 5.41) is 10.4. The van der Waals surface area contributed by atoms with E-state index in [4.69, 9.17) is 4.74 Å². The first-order valence-electron chi connectivity index (χ1n) is 18.2. The Morgan fingerprint density at radius 3 is 2.22 bits per heavy atom. The predicted octanol–water partition coefficient (Wildman–Crippen LogP) is 7.97. The summed E-state index contributed by atoms with van der Waals surface area (Å²) >= 11 is 0. The summed E-state index contributed by atoms with van der Waals surface area (Å²) in [5.74, 6) is 0.0910. The molecule has 3 aliphatic heterocycles. The molecule has 0 saturated carbocycles. The number of benzene rings is 3. The molecule has 0 spiro atoms. The summed E-state index contributed by atoms with van der Waals surface area (Å²) in [4.78, 5) is 32.5. The van der Waals surface area contributed by atoms with Crippen molar-refractivity contribution in [2.24, 2.45) is 23.7 Å². The van der Waals surface area contributed by atoms with E-state index in [-0.39, 0.29) is 47.6 Å². The van der Waals surface area contributed by atoms with Crippen molar-refractivity contribution < 1.29 is 19.4 Å². The third-order valence-electron chi connectivity index (χ3n) is 11.5. The molecule has 3 aromatic rings. The highest BCUT2D eigenvalue weighted by Crippen LogP contribution is 2.52. The monoisotopic (exact) mass is 658 g/mol. The van der Waals surface area contributed by atoms with E-state index in [2.05, 4.69) is 73.4 Å². The lowest BCUT2D eigenvalue weighted by Gasteiger charge is -2.36. The molecule has 4 aliphatic rings. The number of likely N-dealkylation sites (tertiary alicyclic amines) is 2. The summed E-state index contributed by atoms with van der Waals surface area (Å²) in [6, 6.07) is 25.1. The molecule has 6 nitrogen and oxygen atoms in total. The SMILES string of the molecule is Cc1cc(/C=C(/CC[C@H]2OC[C@H]3C2=C(C(C)C)C[C@H]2C(=O)N(C4CCN(Cc5ccccc5)CC4)C(=O)[C@H]23)c2ccccc2)cc(C)c1O. The number of carbonyl (C=O) groups is 2. The molecular weight excluding hydrogens is 608 g/mol. The van der Waals surface area contributed by atoms with Crippen LogP contribution in [0.15, 0.2) is 83.9 Å². The van der Waals surface area contributed by atoms with Gasteiger partial charge in [-0.2, -0.15) is 0 Å². The van der Waals surface area contributed by atoms with E-state index >= 15 is 0 Å². The van der Waals surface area contributed by atoms with Crippen molar-refractivity contribution in [2.75, 3.05) is 19.7 Å². The number of fused-ring (bicyclic) bond motifs is 3. The molecule has 1 N–H and O–H groups in total. The van der Waals surface area contributed by atoms with Gasteiger partial charge in [-0.25, -0.2) is 0 Å². The Morgan fingerprint density at radius 1 is 0.918 bits per heavy atom. The molecule has 3 fully saturated rings. The Kier molecular flexibility index (Phi) is 9.63. The molecule has 2 amide bonds. The number of amides is 2. The Bertz CT molecular complexity index is 1730. The summed E-state index contributed by atoms with van der Waals surface area (Å²) in [5.41, 5.74) is 9.11. The van der Waals surface area contributed by atoms with Crippen molar-refractivity contribution in [1.29, 1.82) is 0 Å². The van der Waals surface area contributed by atoms with Gasteiger partial charge in [0.1, 0.15) is 5.75 Å². The molecule has 6 heteroatoms. The fourth-order valence-electron chi connectivity index (χ4n) is 9.03. The molecule has 49 heavy (non-hydrogen) atoms. The number of rotatable bonds is 9. The van der Waals surface area contributed by atoms with Crippen LogP contribution < -0.4 is 0 Å². The second-order valence-corrected chi connectivity index (χ2v) is 15.0. The van der Waals surface area contributed by atoms with Gasteiger partial charge in [0.25, 0.3) is 0 Å². The smallest absolute Gasteiger partial charge is 0.234 e. The normalized spacial score (nSPS) is 25.0. The summed E-state index contributed by atoms with van der Waals surface area (Å²) < 4.78 is 6.61. The van der Waals surface area contributed by atoms with E-state index in [0.717, 1.165) is 62.0 Å². The first kappa shape index (κ1) is 33.5. The molecule has 0 unspecified atom stereocenters. The molecule has 4 atom stereocenters. The Hall–Kier alpha value is -4.00. The maximum Gasteiger partial charge on any atom is 0.234 e. The van der Waals surface area contributed by atoms with Gasteiger partial charge in [-0.15, -0.1) is 0 Å². The van der Waals surface area contributed by atoms with Gasteiger partial charge in [0.2, 0.25) is 11.8 Å². The van der Waals surface area contributed by atoms with Gasteiger partial charge in [-0.1, -0.05) is 86.2 Å². The quantitative estimate of drug-likeness (QED) is 0.144.